The van der Waals surface area contributed by atoms with E-state index in [0.29, 0.717) is 28.0 Å². The van der Waals surface area contributed by atoms with Crippen LogP contribution < -0.4 is 21.6 Å². The van der Waals surface area contributed by atoms with Crippen molar-refractivity contribution in [2.45, 2.75) is 6.04 Å². The second-order valence-corrected chi connectivity index (χ2v) is 8.61. The van der Waals surface area contributed by atoms with Crippen LogP contribution in [0, 0.1) is 23.1 Å². The number of rotatable bonds is 8. The Bertz CT molecular complexity index is 1560. The van der Waals surface area contributed by atoms with Gasteiger partial charge in [-0.15, -0.1) is 5.53 Å². The first-order valence-corrected chi connectivity index (χ1v) is 11.7. The number of nitriles is 1. The van der Waals surface area contributed by atoms with Crippen molar-refractivity contribution >= 4 is 39.6 Å². The van der Waals surface area contributed by atoms with Crippen LogP contribution in [0.3, 0.4) is 0 Å². The molecule has 0 amide bonds. The summed E-state index contributed by atoms with van der Waals surface area (Å²) >= 11 is 6.59. The average molecular weight is 538 g/mol. The number of aromatic nitrogens is 3. The molecule has 13 heteroatoms. The van der Waals surface area contributed by atoms with E-state index in [1.165, 1.54) is 6.20 Å². The number of hydrazine groups is 2. The highest BCUT2D eigenvalue weighted by atomic mass is 35.5. The lowest BCUT2D eigenvalue weighted by atomic mass is 10.0. The molecule has 4 aromatic rings. The van der Waals surface area contributed by atoms with Crippen molar-refractivity contribution in [3.05, 3.63) is 94.9 Å². The fourth-order valence-corrected chi connectivity index (χ4v) is 4.25. The maximum atomic E-state index is 13.8. The summed E-state index contributed by atoms with van der Waals surface area (Å²) in [5.74, 6) is -2.37. The van der Waals surface area contributed by atoms with E-state index in [4.69, 9.17) is 11.6 Å². The van der Waals surface area contributed by atoms with Crippen molar-refractivity contribution in [2.24, 2.45) is 0 Å². The largest absolute Gasteiger partial charge is 0.373 e. The van der Waals surface area contributed by atoms with Crippen LogP contribution in [-0.4, -0.2) is 33.2 Å². The number of benzene rings is 1. The maximum absolute atomic E-state index is 13.8. The third-order valence-corrected chi connectivity index (χ3v) is 6.00. The molecule has 5 rings (SSSR count). The van der Waals surface area contributed by atoms with Gasteiger partial charge in [0.1, 0.15) is 12.7 Å². The standard InChI is InChI=1S/C25H19ClF3N9/c26-19-7-16(34-23(14-2-1-4-31-10-14)21-13-38(5-3-27)37-36-21)6-18-22(15(9-30)11-32-24(18)19)35-17-8-20(28)25(29)33-12-17/h1-2,4,6-8,10-13,23,34,36-37H,3,5H2,(H,32,35)/t23-/m0/s1. The molecular weight excluding hydrogens is 519 g/mol. The smallest absolute Gasteiger partial charge is 0.249 e. The quantitative estimate of drug-likeness (QED) is 0.234. The molecule has 0 bridgehead atoms. The van der Waals surface area contributed by atoms with Gasteiger partial charge in [0.05, 0.1) is 52.0 Å². The van der Waals surface area contributed by atoms with E-state index >= 15 is 0 Å². The van der Waals surface area contributed by atoms with E-state index in [1.54, 1.807) is 41.8 Å². The van der Waals surface area contributed by atoms with Gasteiger partial charge in [-0.3, -0.25) is 15.0 Å². The van der Waals surface area contributed by atoms with Crippen LogP contribution in [0.1, 0.15) is 17.2 Å². The lowest BCUT2D eigenvalue weighted by Crippen LogP contribution is -2.38. The van der Waals surface area contributed by atoms with Crippen LogP contribution in [0.2, 0.25) is 5.02 Å². The third kappa shape index (κ3) is 5.10. The molecule has 192 valence electrons. The molecule has 0 saturated carbocycles. The van der Waals surface area contributed by atoms with Crippen LogP contribution in [0.15, 0.2) is 67.0 Å². The highest BCUT2D eigenvalue weighted by Gasteiger charge is 2.23. The van der Waals surface area contributed by atoms with Crippen molar-refractivity contribution in [2.75, 3.05) is 23.9 Å². The second-order valence-electron chi connectivity index (χ2n) is 8.20. The zero-order valence-corrected chi connectivity index (χ0v) is 20.3. The molecule has 1 aromatic carbocycles. The van der Waals surface area contributed by atoms with Gasteiger partial charge in [0, 0.05) is 41.9 Å². The monoisotopic (exact) mass is 537 g/mol. The molecule has 1 atom stereocenters. The molecule has 0 spiro atoms. The summed E-state index contributed by atoms with van der Waals surface area (Å²) in [6.07, 6.45) is 7.54. The minimum atomic E-state index is -1.24. The first kappa shape index (κ1) is 25.1. The summed E-state index contributed by atoms with van der Waals surface area (Å²) in [6.45, 7) is -0.393. The minimum absolute atomic E-state index is 0.134. The van der Waals surface area contributed by atoms with Gasteiger partial charge in [-0.25, -0.2) is 13.8 Å². The highest BCUT2D eigenvalue weighted by molar-refractivity contribution is 6.36. The molecule has 0 fully saturated rings. The molecule has 4 heterocycles. The number of nitrogens with zero attached hydrogens (tertiary/aromatic N) is 5. The summed E-state index contributed by atoms with van der Waals surface area (Å²) in [6, 6.07) is 9.62. The number of fused-ring (bicyclic) bond motifs is 1. The van der Waals surface area contributed by atoms with Crippen molar-refractivity contribution < 1.29 is 13.2 Å². The predicted octanol–water partition coefficient (Wildman–Crippen LogP) is 4.86. The zero-order valence-electron chi connectivity index (χ0n) is 19.5. The Morgan fingerprint density at radius 3 is 2.74 bits per heavy atom. The van der Waals surface area contributed by atoms with Crippen molar-refractivity contribution in [1.29, 1.82) is 5.26 Å². The van der Waals surface area contributed by atoms with E-state index in [-0.39, 0.29) is 22.8 Å². The summed E-state index contributed by atoms with van der Waals surface area (Å²) in [4.78, 5) is 11.9. The van der Waals surface area contributed by atoms with Gasteiger partial charge in [0.25, 0.3) is 0 Å². The average Bonchev–Trinajstić information content (AvgIpc) is 3.38. The lowest BCUT2D eigenvalue weighted by molar-refractivity contribution is 0.246. The maximum Gasteiger partial charge on any atom is 0.249 e. The van der Waals surface area contributed by atoms with Crippen LogP contribution >= 0.6 is 11.6 Å². The fourth-order valence-electron chi connectivity index (χ4n) is 3.98. The number of halogens is 4. The third-order valence-electron chi connectivity index (χ3n) is 5.71. The fraction of sp³-hybridized carbons (Fsp3) is 0.120. The molecule has 1 aliphatic heterocycles. The molecule has 1 aliphatic rings. The molecule has 38 heavy (non-hydrogen) atoms. The Morgan fingerprint density at radius 2 is 2.00 bits per heavy atom. The first-order valence-electron chi connectivity index (χ1n) is 11.3. The van der Waals surface area contributed by atoms with Gasteiger partial charge in [-0.1, -0.05) is 17.7 Å². The second kappa shape index (κ2) is 10.8. The van der Waals surface area contributed by atoms with E-state index in [9.17, 15) is 18.4 Å². The minimum Gasteiger partial charge on any atom is -0.373 e. The van der Waals surface area contributed by atoms with Gasteiger partial charge >= 0.3 is 0 Å². The van der Waals surface area contributed by atoms with Crippen LogP contribution in [0.4, 0.5) is 30.2 Å². The van der Waals surface area contributed by atoms with Crippen molar-refractivity contribution in [3.8, 4) is 6.07 Å². The van der Waals surface area contributed by atoms with E-state index in [0.717, 1.165) is 17.8 Å². The van der Waals surface area contributed by atoms with Gasteiger partial charge in [0.15, 0.2) is 5.82 Å². The van der Waals surface area contributed by atoms with Gasteiger partial charge < -0.3 is 16.1 Å². The number of anilines is 3. The van der Waals surface area contributed by atoms with Crippen LogP contribution in [-0.2, 0) is 0 Å². The lowest BCUT2D eigenvalue weighted by Gasteiger charge is -2.22. The molecular formula is C25H19ClF3N9. The molecule has 0 radical (unpaired) electrons. The van der Waals surface area contributed by atoms with E-state index in [2.05, 4.69) is 42.6 Å². The number of alkyl halides is 1. The van der Waals surface area contributed by atoms with E-state index in [1.807, 2.05) is 6.07 Å². The molecule has 0 aliphatic carbocycles. The number of hydrogen-bond acceptors (Lipinski definition) is 9. The summed E-state index contributed by atoms with van der Waals surface area (Å²) < 4.78 is 40.0. The Kier molecular flexibility index (Phi) is 7.12. The van der Waals surface area contributed by atoms with Gasteiger partial charge in [0.2, 0.25) is 5.95 Å². The Hall–Kier alpha value is -4.60. The predicted molar refractivity (Wildman–Crippen MR) is 137 cm³/mol. The highest BCUT2D eigenvalue weighted by Crippen LogP contribution is 2.36. The summed E-state index contributed by atoms with van der Waals surface area (Å²) in [5, 5.41) is 18.4. The SMILES string of the molecule is N#Cc1cnc2c(Cl)cc(N[C@H](C3=CN(CCF)NN3)c3cccnc3)cc2c1Nc1cnc(F)c(F)c1. The normalized spacial score (nSPS) is 13.6. The van der Waals surface area contributed by atoms with Crippen molar-refractivity contribution in [3.63, 3.8) is 0 Å². The van der Waals surface area contributed by atoms with Crippen LogP contribution in [0.25, 0.3) is 10.9 Å². The Morgan fingerprint density at radius 1 is 1.13 bits per heavy atom. The zero-order chi connectivity index (χ0) is 26.6. The summed E-state index contributed by atoms with van der Waals surface area (Å²) in [5.41, 5.74) is 8.97. The van der Waals surface area contributed by atoms with Gasteiger partial charge in [-0.05, 0) is 23.8 Å². The topological polar surface area (TPSA) is 114 Å². The molecule has 3 aromatic heterocycles. The number of nitrogens with one attached hydrogen (secondary N) is 4. The van der Waals surface area contributed by atoms with Crippen LogP contribution in [0.5, 0.6) is 0 Å². The van der Waals surface area contributed by atoms with Gasteiger partial charge in [-0.2, -0.15) is 9.65 Å². The molecule has 4 N–H and O–H groups in total. The number of hydrogen-bond donors (Lipinski definition) is 4. The molecule has 0 unspecified atom stereocenters. The van der Waals surface area contributed by atoms with Crippen molar-refractivity contribution in [1.82, 2.24) is 30.9 Å². The number of pyridine rings is 3. The molecule has 0 saturated heterocycles. The Balaban J connectivity index is 1.58. The Labute approximate surface area is 219 Å². The van der Waals surface area contributed by atoms with E-state index < -0.39 is 24.5 Å². The first-order chi connectivity index (χ1) is 18.5. The summed E-state index contributed by atoms with van der Waals surface area (Å²) in [7, 11) is 0. The molecule has 9 nitrogen and oxygen atoms in total.